The van der Waals surface area contributed by atoms with Crippen LogP contribution in [-0.4, -0.2) is 96.7 Å². The van der Waals surface area contributed by atoms with E-state index in [1.54, 1.807) is 0 Å². The van der Waals surface area contributed by atoms with Crippen LogP contribution in [-0.2, 0) is 65.4 Å². The molecule has 17 nitrogen and oxygen atoms in total. The number of unbranched alkanes of at least 4 members (excludes halogenated alkanes) is 33. The molecule has 0 spiro atoms. The van der Waals surface area contributed by atoms with Gasteiger partial charge in [-0.25, -0.2) is 9.13 Å². The summed E-state index contributed by atoms with van der Waals surface area (Å²) in [5.41, 5.74) is 0. The van der Waals surface area contributed by atoms with Crippen molar-refractivity contribution in [1.82, 2.24) is 0 Å². The molecule has 0 rings (SSSR count). The molecule has 0 aromatic heterocycles. The third-order valence-corrected chi connectivity index (χ3v) is 16.6. The molecule has 0 amide bonds. The largest absolute Gasteiger partial charge is 0.472 e. The standard InChI is InChI=1S/C64H124O17P2/c1-7-9-11-13-15-17-19-21-23-29-36-42-48-63(68)80-59(52-74-61(66)46-40-34-28-22-20-18-16-14-12-10-8-2)54-78-82(70,71)76-50-58(65)51-77-83(72,73)79-55-60(81-64(69)49-43-37-31-25-27-33-39-45-57(5)6)53-75-62(67)47-41-35-30-24-26-32-38-44-56(3)4/h56-60,65H,7-55H2,1-6H3,(H,70,71)(H,72,73)/t58-,59-,60-/m1/s1. The quantitative estimate of drug-likeness (QED) is 0.0222. The Hall–Kier alpha value is -1.94. The smallest absolute Gasteiger partial charge is 0.462 e. The van der Waals surface area contributed by atoms with Crippen molar-refractivity contribution in [2.75, 3.05) is 39.6 Å². The lowest BCUT2D eigenvalue weighted by molar-refractivity contribution is -0.161. The molecule has 492 valence electrons. The zero-order valence-electron chi connectivity index (χ0n) is 53.5. The van der Waals surface area contributed by atoms with Crippen molar-refractivity contribution in [2.45, 2.75) is 336 Å². The number of aliphatic hydroxyl groups excluding tert-OH is 1. The van der Waals surface area contributed by atoms with E-state index in [2.05, 4.69) is 41.5 Å². The first-order valence-corrected chi connectivity index (χ1v) is 36.5. The van der Waals surface area contributed by atoms with Crippen molar-refractivity contribution in [2.24, 2.45) is 11.8 Å². The average Bonchev–Trinajstić information content (AvgIpc) is 3.45. The van der Waals surface area contributed by atoms with Crippen LogP contribution in [0, 0.1) is 11.8 Å². The van der Waals surface area contributed by atoms with Crippen LogP contribution >= 0.6 is 15.6 Å². The highest BCUT2D eigenvalue weighted by Gasteiger charge is 2.30. The fourth-order valence-electron chi connectivity index (χ4n) is 9.53. The maximum atomic E-state index is 13.0. The summed E-state index contributed by atoms with van der Waals surface area (Å²) in [7, 11) is -9.89. The van der Waals surface area contributed by atoms with Crippen LogP contribution in [0.2, 0.25) is 0 Å². The van der Waals surface area contributed by atoms with Crippen molar-refractivity contribution in [3.63, 3.8) is 0 Å². The Morgan fingerprint density at radius 2 is 0.554 bits per heavy atom. The molecule has 5 atom stereocenters. The molecule has 0 heterocycles. The summed E-state index contributed by atoms with van der Waals surface area (Å²) in [6.07, 6.45) is 39.0. The van der Waals surface area contributed by atoms with E-state index in [1.165, 1.54) is 128 Å². The van der Waals surface area contributed by atoms with Crippen LogP contribution in [0.3, 0.4) is 0 Å². The second-order valence-corrected chi connectivity index (χ2v) is 27.0. The molecular weight excluding hydrogens is 1100 g/mol. The van der Waals surface area contributed by atoms with E-state index in [-0.39, 0.29) is 25.7 Å². The normalized spacial score (nSPS) is 14.3. The van der Waals surface area contributed by atoms with Gasteiger partial charge in [-0.3, -0.25) is 37.3 Å². The van der Waals surface area contributed by atoms with Gasteiger partial charge in [0.15, 0.2) is 12.2 Å². The molecule has 0 saturated carbocycles. The second-order valence-electron chi connectivity index (χ2n) is 24.1. The minimum absolute atomic E-state index is 0.103. The van der Waals surface area contributed by atoms with Gasteiger partial charge in [0.1, 0.15) is 19.3 Å². The maximum absolute atomic E-state index is 13.0. The topological polar surface area (TPSA) is 237 Å². The van der Waals surface area contributed by atoms with Gasteiger partial charge in [-0.15, -0.1) is 0 Å². The van der Waals surface area contributed by atoms with Crippen molar-refractivity contribution in [3.8, 4) is 0 Å². The minimum Gasteiger partial charge on any atom is -0.462 e. The Morgan fingerprint density at radius 1 is 0.325 bits per heavy atom. The van der Waals surface area contributed by atoms with Crippen LogP contribution in [0.25, 0.3) is 0 Å². The Bertz CT molecular complexity index is 1630. The molecule has 2 unspecified atom stereocenters. The fraction of sp³-hybridized carbons (Fsp3) is 0.938. The monoisotopic (exact) mass is 1230 g/mol. The van der Waals surface area contributed by atoms with Gasteiger partial charge in [0.05, 0.1) is 26.4 Å². The molecule has 0 aliphatic heterocycles. The molecule has 3 N–H and O–H groups in total. The molecule has 0 fully saturated rings. The van der Waals surface area contributed by atoms with Crippen molar-refractivity contribution < 1.29 is 80.2 Å². The van der Waals surface area contributed by atoms with Gasteiger partial charge in [-0.05, 0) is 37.5 Å². The van der Waals surface area contributed by atoms with E-state index >= 15 is 0 Å². The lowest BCUT2D eigenvalue weighted by atomic mass is 10.0. The van der Waals surface area contributed by atoms with Crippen LogP contribution in [0.1, 0.15) is 318 Å². The SMILES string of the molecule is CCCCCCCCCCCCCCC(=O)O[C@H](COC(=O)CCCCCCCCCCCCC)COP(=O)(O)OC[C@@H](O)COP(=O)(O)OC[C@@H](COC(=O)CCCCCCCCCC(C)C)OC(=O)CCCCCCCCCC(C)C. The van der Waals surface area contributed by atoms with Gasteiger partial charge in [0.2, 0.25) is 0 Å². The first kappa shape index (κ1) is 81.1. The van der Waals surface area contributed by atoms with Gasteiger partial charge in [0.25, 0.3) is 0 Å². The molecule has 0 radical (unpaired) electrons. The molecule has 0 aliphatic rings. The summed E-state index contributed by atoms with van der Waals surface area (Å²) in [4.78, 5) is 72.2. The van der Waals surface area contributed by atoms with Gasteiger partial charge in [-0.1, -0.05) is 266 Å². The molecule has 83 heavy (non-hydrogen) atoms. The van der Waals surface area contributed by atoms with Crippen LogP contribution in [0.5, 0.6) is 0 Å². The number of hydrogen-bond acceptors (Lipinski definition) is 15. The zero-order valence-corrected chi connectivity index (χ0v) is 55.3. The number of hydrogen-bond donors (Lipinski definition) is 3. The highest BCUT2D eigenvalue weighted by Crippen LogP contribution is 2.45. The first-order valence-electron chi connectivity index (χ1n) is 33.5. The highest BCUT2D eigenvalue weighted by molar-refractivity contribution is 7.47. The molecule has 0 bridgehead atoms. The molecule has 0 aromatic rings. The minimum atomic E-state index is -4.94. The van der Waals surface area contributed by atoms with Gasteiger partial charge in [-0.2, -0.15) is 0 Å². The number of carbonyl (C=O) groups excluding carboxylic acids is 4. The van der Waals surface area contributed by atoms with E-state index in [1.807, 2.05) is 0 Å². The fourth-order valence-corrected chi connectivity index (χ4v) is 11.1. The van der Waals surface area contributed by atoms with E-state index in [0.717, 1.165) is 96.3 Å². The summed E-state index contributed by atoms with van der Waals surface area (Å²) in [5.74, 6) is -0.734. The van der Waals surface area contributed by atoms with E-state index in [4.69, 9.17) is 37.0 Å². The first-order chi connectivity index (χ1) is 39.9. The number of aliphatic hydroxyl groups is 1. The van der Waals surface area contributed by atoms with Gasteiger partial charge < -0.3 is 33.8 Å². The number of ether oxygens (including phenoxy) is 4. The predicted octanol–water partition coefficient (Wildman–Crippen LogP) is 17.7. The van der Waals surface area contributed by atoms with E-state index < -0.39 is 97.5 Å². The Labute approximate surface area is 505 Å². The molecule has 19 heteroatoms. The zero-order chi connectivity index (χ0) is 61.5. The van der Waals surface area contributed by atoms with Crippen molar-refractivity contribution in [3.05, 3.63) is 0 Å². The van der Waals surface area contributed by atoms with Crippen LogP contribution < -0.4 is 0 Å². The van der Waals surface area contributed by atoms with Gasteiger partial charge in [0, 0.05) is 25.7 Å². The lowest BCUT2D eigenvalue weighted by Crippen LogP contribution is -2.30. The summed E-state index contributed by atoms with van der Waals surface area (Å²) >= 11 is 0. The van der Waals surface area contributed by atoms with Crippen LogP contribution in [0.4, 0.5) is 0 Å². The van der Waals surface area contributed by atoms with Crippen LogP contribution in [0.15, 0.2) is 0 Å². The van der Waals surface area contributed by atoms with Gasteiger partial charge >= 0.3 is 39.5 Å². The second kappa shape index (κ2) is 56.6. The molecule has 0 aliphatic carbocycles. The summed E-state index contributed by atoms with van der Waals surface area (Å²) in [6.45, 7) is 9.37. The average molecular weight is 1230 g/mol. The predicted molar refractivity (Wildman–Crippen MR) is 331 cm³/mol. The highest BCUT2D eigenvalue weighted by atomic mass is 31.2. The summed E-state index contributed by atoms with van der Waals surface area (Å²) in [5, 5.41) is 10.5. The number of esters is 4. The third-order valence-electron chi connectivity index (χ3n) is 14.7. The number of phosphoric ester groups is 2. The molecule has 0 saturated heterocycles. The Kier molecular flexibility index (Phi) is 55.2. The third kappa shape index (κ3) is 58.8. The van der Waals surface area contributed by atoms with Crippen molar-refractivity contribution >= 4 is 39.5 Å². The summed E-state index contributed by atoms with van der Waals surface area (Å²) in [6, 6.07) is 0. The lowest BCUT2D eigenvalue weighted by Gasteiger charge is -2.21. The van der Waals surface area contributed by atoms with E-state index in [0.29, 0.717) is 37.5 Å². The number of phosphoric acid groups is 2. The Balaban J connectivity index is 5.24. The summed E-state index contributed by atoms with van der Waals surface area (Å²) < 4.78 is 68.0. The maximum Gasteiger partial charge on any atom is 0.472 e. The number of rotatable bonds is 63. The molecule has 0 aromatic carbocycles. The van der Waals surface area contributed by atoms with E-state index in [9.17, 15) is 43.2 Å². The molecular formula is C64H124O17P2. The Morgan fingerprint density at radius 3 is 0.819 bits per heavy atom. The number of carbonyl (C=O) groups is 4. The van der Waals surface area contributed by atoms with Crippen molar-refractivity contribution in [1.29, 1.82) is 0 Å².